The van der Waals surface area contributed by atoms with E-state index in [0.717, 1.165) is 13.2 Å². The van der Waals surface area contributed by atoms with E-state index in [0.29, 0.717) is 6.07 Å². The van der Waals surface area contributed by atoms with E-state index in [1.165, 1.54) is 4.90 Å². The van der Waals surface area contributed by atoms with E-state index in [1.807, 2.05) is 0 Å². The Hall–Kier alpha value is -2.29. The van der Waals surface area contributed by atoms with Crippen molar-refractivity contribution in [1.82, 2.24) is 0 Å². The first-order chi connectivity index (χ1) is 9.95. The van der Waals surface area contributed by atoms with Crippen molar-refractivity contribution in [3.63, 3.8) is 0 Å². The maximum Gasteiger partial charge on any atom is 0.336 e. The summed E-state index contributed by atoms with van der Waals surface area (Å²) < 4.78 is 37.0. The van der Waals surface area contributed by atoms with Gasteiger partial charge >= 0.3 is 5.97 Å². The van der Waals surface area contributed by atoms with E-state index in [2.05, 4.69) is 4.74 Å². The smallest absolute Gasteiger partial charge is 0.336 e. The summed E-state index contributed by atoms with van der Waals surface area (Å²) in [6.07, 6.45) is -1.01. The standard InChI is InChI=1S/C12H12F2N2O5/c1-20-12(17)9-6-15(4-5-21-9)11-8(16(18)19)3-2-7(13)10(11)14/h2-3,9H,4-6H2,1H3. The summed E-state index contributed by atoms with van der Waals surface area (Å²) in [7, 11) is 1.16. The van der Waals surface area contributed by atoms with Crippen LogP contribution in [0.4, 0.5) is 20.2 Å². The van der Waals surface area contributed by atoms with Gasteiger partial charge in [-0.2, -0.15) is 0 Å². The van der Waals surface area contributed by atoms with E-state index in [9.17, 15) is 23.7 Å². The fourth-order valence-electron chi connectivity index (χ4n) is 2.10. The van der Waals surface area contributed by atoms with Gasteiger partial charge in [0.05, 0.1) is 25.2 Å². The number of hydrogen-bond donors (Lipinski definition) is 0. The molecule has 1 fully saturated rings. The molecular weight excluding hydrogens is 290 g/mol. The third-order valence-electron chi connectivity index (χ3n) is 3.09. The lowest BCUT2D eigenvalue weighted by atomic mass is 10.2. The highest BCUT2D eigenvalue weighted by molar-refractivity contribution is 5.76. The van der Waals surface area contributed by atoms with Gasteiger partial charge in [0.25, 0.3) is 5.69 Å². The lowest BCUT2D eigenvalue weighted by Gasteiger charge is -2.32. The Morgan fingerprint density at radius 1 is 1.52 bits per heavy atom. The Morgan fingerprint density at radius 2 is 2.24 bits per heavy atom. The Morgan fingerprint density at radius 3 is 2.86 bits per heavy atom. The fraction of sp³-hybridized carbons (Fsp3) is 0.417. The number of hydrogen-bond acceptors (Lipinski definition) is 6. The SMILES string of the molecule is COC(=O)C1CN(c2c([N+](=O)[O-])ccc(F)c2F)CCO1. The number of carbonyl (C=O) groups is 1. The normalized spacial score (nSPS) is 18.4. The zero-order chi connectivity index (χ0) is 15.6. The van der Waals surface area contributed by atoms with E-state index in [4.69, 9.17) is 4.74 Å². The number of methoxy groups -OCH3 is 1. The predicted molar refractivity (Wildman–Crippen MR) is 67.0 cm³/mol. The number of halogens is 2. The van der Waals surface area contributed by atoms with Crippen LogP contribution in [0, 0.1) is 21.7 Å². The van der Waals surface area contributed by atoms with Crippen LogP contribution >= 0.6 is 0 Å². The molecule has 0 radical (unpaired) electrons. The van der Waals surface area contributed by atoms with Gasteiger partial charge in [0.2, 0.25) is 0 Å². The molecule has 1 aromatic rings. The minimum Gasteiger partial charge on any atom is -0.467 e. The fourth-order valence-corrected chi connectivity index (χ4v) is 2.10. The van der Waals surface area contributed by atoms with Crippen molar-refractivity contribution in [2.45, 2.75) is 6.10 Å². The van der Waals surface area contributed by atoms with Gasteiger partial charge in [0.15, 0.2) is 23.4 Å². The molecule has 1 aliphatic heterocycles. The first kappa shape index (κ1) is 15.1. The van der Waals surface area contributed by atoms with Crippen LogP contribution in [0.1, 0.15) is 0 Å². The molecule has 0 aliphatic carbocycles. The molecule has 114 valence electrons. The van der Waals surface area contributed by atoms with Crippen molar-refractivity contribution in [2.75, 3.05) is 31.7 Å². The Kier molecular flexibility index (Phi) is 4.32. The molecule has 7 nitrogen and oxygen atoms in total. The van der Waals surface area contributed by atoms with Crippen LogP contribution in [0.2, 0.25) is 0 Å². The van der Waals surface area contributed by atoms with Crippen LogP contribution in [0.3, 0.4) is 0 Å². The average Bonchev–Trinajstić information content (AvgIpc) is 2.48. The van der Waals surface area contributed by atoms with Crippen molar-refractivity contribution >= 4 is 17.3 Å². The summed E-state index contributed by atoms with van der Waals surface area (Å²) in [6.45, 7) is -0.0323. The highest BCUT2D eigenvalue weighted by atomic mass is 19.2. The first-order valence-electron chi connectivity index (χ1n) is 6.02. The second-order valence-corrected chi connectivity index (χ2v) is 4.31. The van der Waals surface area contributed by atoms with Crippen LogP contribution in [0.5, 0.6) is 0 Å². The van der Waals surface area contributed by atoms with Crippen molar-refractivity contribution in [2.24, 2.45) is 0 Å². The number of morpholine rings is 1. The minimum atomic E-state index is -1.32. The maximum atomic E-state index is 13.9. The summed E-state index contributed by atoms with van der Waals surface area (Å²) in [4.78, 5) is 22.8. The number of nitro groups is 1. The third kappa shape index (κ3) is 2.92. The molecule has 1 aliphatic rings. The van der Waals surface area contributed by atoms with E-state index in [1.54, 1.807) is 0 Å². The van der Waals surface area contributed by atoms with Crippen LogP contribution in [-0.4, -0.2) is 43.8 Å². The number of rotatable bonds is 3. The molecule has 1 unspecified atom stereocenters. The molecule has 9 heteroatoms. The zero-order valence-electron chi connectivity index (χ0n) is 11.0. The molecule has 1 heterocycles. The monoisotopic (exact) mass is 302 g/mol. The van der Waals surface area contributed by atoms with Gasteiger partial charge < -0.3 is 14.4 Å². The van der Waals surface area contributed by atoms with Crippen molar-refractivity contribution < 1.29 is 28.0 Å². The summed E-state index contributed by atoms with van der Waals surface area (Å²) >= 11 is 0. The number of carbonyl (C=O) groups excluding carboxylic acids is 1. The summed E-state index contributed by atoms with van der Waals surface area (Å²) in [5.41, 5.74) is -1.06. The van der Waals surface area contributed by atoms with Crippen molar-refractivity contribution in [1.29, 1.82) is 0 Å². The summed E-state index contributed by atoms with van der Waals surface area (Å²) in [6, 6.07) is 1.57. The van der Waals surface area contributed by atoms with Crippen molar-refractivity contribution in [3.05, 3.63) is 33.9 Å². The van der Waals surface area contributed by atoms with Gasteiger partial charge in [-0.3, -0.25) is 10.1 Å². The second kappa shape index (κ2) is 6.00. The van der Waals surface area contributed by atoms with E-state index in [-0.39, 0.29) is 19.7 Å². The molecule has 0 saturated carbocycles. The van der Waals surface area contributed by atoms with Gasteiger partial charge in [-0.05, 0) is 6.07 Å². The van der Waals surface area contributed by atoms with Crippen molar-refractivity contribution in [3.8, 4) is 0 Å². The number of esters is 1. The molecule has 0 spiro atoms. The molecule has 0 bridgehead atoms. The predicted octanol–water partition coefficient (Wildman–Crippen LogP) is 1.25. The summed E-state index contributed by atoms with van der Waals surface area (Å²) in [5.74, 6) is -3.20. The first-order valence-corrected chi connectivity index (χ1v) is 6.02. The number of anilines is 1. The van der Waals surface area contributed by atoms with Crippen LogP contribution < -0.4 is 4.90 Å². The lowest BCUT2D eigenvalue weighted by Crippen LogP contribution is -2.47. The van der Waals surface area contributed by atoms with Gasteiger partial charge in [-0.25, -0.2) is 13.6 Å². The van der Waals surface area contributed by atoms with E-state index >= 15 is 0 Å². The Balaban J connectivity index is 2.38. The molecular formula is C12H12F2N2O5. The zero-order valence-corrected chi connectivity index (χ0v) is 11.0. The quantitative estimate of drug-likeness (QED) is 0.475. The number of benzene rings is 1. The van der Waals surface area contributed by atoms with Gasteiger partial charge in [-0.15, -0.1) is 0 Å². The Labute approximate surface area is 118 Å². The molecule has 0 aromatic heterocycles. The second-order valence-electron chi connectivity index (χ2n) is 4.31. The van der Waals surface area contributed by atoms with Gasteiger partial charge in [0, 0.05) is 12.6 Å². The maximum absolute atomic E-state index is 13.9. The average molecular weight is 302 g/mol. The summed E-state index contributed by atoms with van der Waals surface area (Å²) in [5, 5.41) is 11.0. The van der Waals surface area contributed by atoms with Gasteiger partial charge in [-0.1, -0.05) is 0 Å². The highest BCUT2D eigenvalue weighted by Crippen LogP contribution is 2.33. The number of nitro benzene ring substituents is 1. The highest BCUT2D eigenvalue weighted by Gasteiger charge is 2.33. The topological polar surface area (TPSA) is 81.9 Å². The van der Waals surface area contributed by atoms with Crippen LogP contribution in [0.15, 0.2) is 12.1 Å². The number of ether oxygens (including phenoxy) is 2. The van der Waals surface area contributed by atoms with Crippen LogP contribution in [-0.2, 0) is 14.3 Å². The molecule has 21 heavy (non-hydrogen) atoms. The largest absolute Gasteiger partial charge is 0.467 e. The molecule has 1 atom stereocenters. The minimum absolute atomic E-state index is 0.0346. The molecule has 0 amide bonds. The molecule has 0 N–H and O–H groups in total. The molecule has 1 saturated heterocycles. The third-order valence-corrected chi connectivity index (χ3v) is 3.09. The number of nitrogens with zero attached hydrogens (tertiary/aromatic N) is 2. The molecule has 2 rings (SSSR count). The Bertz CT molecular complexity index is 581. The van der Waals surface area contributed by atoms with E-state index < -0.39 is 40.0 Å². The van der Waals surface area contributed by atoms with Gasteiger partial charge in [0.1, 0.15) is 0 Å². The molecule has 1 aromatic carbocycles. The van der Waals surface area contributed by atoms with Crippen LogP contribution in [0.25, 0.3) is 0 Å². The lowest BCUT2D eigenvalue weighted by molar-refractivity contribution is -0.384.